The molecule has 2 rings (SSSR count). The molecule has 0 aromatic heterocycles. The van der Waals surface area contributed by atoms with Crippen molar-refractivity contribution < 1.29 is 0 Å². The molecule has 0 aliphatic heterocycles. The fourth-order valence-corrected chi connectivity index (χ4v) is 2.45. The number of aryl methyl sites for hydroxylation is 1. The summed E-state index contributed by atoms with van der Waals surface area (Å²) >= 11 is 0. The molecule has 2 N–H and O–H groups in total. The normalized spacial score (nSPS) is 18.2. The van der Waals surface area contributed by atoms with Crippen LogP contribution in [0, 0.1) is 12.8 Å². The van der Waals surface area contributed by atoms with Crippen molar-refractivity contribution >= 4 is 0 Å². The number of nitrogens with two attached hydrogens (primary N) is 1. The van der Waals surface area contributed by atoms with Gasteiger partial charge in [-0.15, -0.1) is 0 Å². The molecule has 0 amide bonds. The van der Waals surface area contributed by atoms with Gasteiger partial charge in [0.2, 0.25) is 0 Å². The first kappa shape index (κ1) is 12.9. The van der Waals surface area contributed by atoms with Gasteiger partial charge in [-0.2, -0.15) is 0 Å². The van der Waals surface area contributed by atoms with Crippen LogP contribution < -0.4 is 5.73 Å². The van der Waals surface area contributed by atoms with E-state index < -0.39 is 0 Å². The second kappa shape index (κ2) is 5.01. The lowest BCUT2D eigenvalue weighted by molar-refractivity contribution is 0.695. The summed E-state index contributed by atoms with van der Waals surface area (Å²) in [6, 6.07) is 8.85. The first-order chi connectivity index (χ1) is 8.50. The topological polar surface area (TPSA) is 26.0 Å². The van der Waals surface area contributed by atoms with E-state index >= 15 is 0 Å². The Labute approximate surface area is 110 Å². The monoisotopic (exact) mass is 241 g/mol. The summed E-state index contributed by atoms with van der Waals surface area (Å²) in [5, 5.41) is 0. The molecule has 1 heteroatoms. The van der Waals surface area contributed by atoms with Crippen molar-refractivity contribution in [1.29, 1.82) is 0 Å². The minimum Gasteiger partial charge on any atom is -0.402 e. The summed E-state index contributed by atoms with van der Waals surface area (Å²) in [4.78, 5) is 0. The molecule has 18 heavy (non-hydrogen) atoms. The van der Waals surface area contributed by atoms with Crippen molar-refractivity contribution in [2.45, 2.75) is 39.5 Å². The van der Waals surface area contributed by atoms with Crippen molar-refractivity contribution in [3.8, 4) is 0 Å². The molecular weight excluding hydrogens is 218 g/mol. The third-order valence-electron chi connectivity index (χ3n) is 3.98. The molecule has 1 aliphatic rings. The standard InChI is InChI=1S/C17H23N/c1-11-5-7-15(8-6-11)17(16-9-10-16)13(3)12(2)14(4)18/h5-8,16-17H,3,9-10,18H2,1-2,4H3/b14-12+. The molecule has 1 aliphatic carbocycles. The fraction of sp³-hybridized carbons (Fsp3) is 0.412. The van der Waals surface area contributed by atoms with Crippen molar-refractivity contribution in [3.63, 3.8) is 0 Å². The van der Waals surface area contributed by atoms with Crippen LogP contribution in [-0.4, -0.2) is 0 Å². The fourth-order valence-electron chi connectivity index (χ4n) is 2.45. The van der Waals surface area contributed by atoms with Crippen LogP contribution in [0.4, 0.5) is 0 Å². The van der Waals surface area contributed by atoms with Gasteiger partial charge in [0.05, 0.1) is 0 Å². The molecule has 0 saturated heterocycles. The van der Waals surface area contributed by atoms with Gasteiger partial charge in [0, 0.05) is 11.6 Å². The van der Waals surface area contributed by atoms with Crippen molar-refractivity contribution in [2.75, 3.05) is 0 Å². The van der Waals surface area contributed by atoms with Gasteiger partial charge in [-0.3, -0.25) is 0 Å². The summed E-state index contributed by atoms with van der Waals surface area (Å²) in [5.41, 5.74) is 11.8. The zero-order valence-corrected chi connectivity index (χ0v) is 11.7. The lowest BCUT2D eigenvalue weighted by Crippen LogP contribution is -2.08. The zero-order valence-electron chi connectivity index (χ0n) is 11.7. The van der Waals surface area contributed by atoms with Crippen LogP contribution >= 0.6 is 0 Å². The van der Waals surface area contributed by atoms with E-state index in [2.05, 4.69) is 44.7 Å². The summed E-state index contributed by atoms with van der Waals surface area (Å²) < 4.78 is 0. The highest BCUT2D eigenvalue weighted by atomic mass is 14.6. The average Bonchev–Trinajstić information content (AvgIpc) is 3.15. The maximum absolute atomic E-state index is 5.92. The van der Waals surface area contributed by atoms with E-state index in [0.717, 1.165) is 17.2 Å². The quantitative estimate of drug-likeness (QED) is 0.782. The lowest BCUT2D eigenvalue weighted by Gasteiger charge is -2.21. The first-order valence-corrected chi connectivity index (χ1v) is 6.69. The van der Waals surface area contributed by atoms with Gasteiger partial charge in [-0.05, 0) is 56.2 Å². The highest BCUT2D eigenvalue weighted by molar-refractivity contribution is 5.42. The van der Waals surface area contributed by atoms with Crippen LogP contribution in [-0.2, 0) is 0 Å². The summed E-state index contributed by atoms with van der Waals surface area (Å²) in [6.07, 6.45) is 2.63. The van der Waals surface area contributed by atoms with Gasteiger partial charge in [-0.1, -0.05) is 36.4 Å². The molecule has 96 valence electrons. The Bertz CT molecular complexity index is 471. The maximum atomic E-state index is 5.92. The summed E-state index contributed by atoms with van der Waals surface area (Å²) in [5.74, 6) is 1.21. The minimum atomic E-state index is 0.448. The van der Waals surface area contributed by atoms with E-state index in [0.29, 0.717) is 5.92 Å². The second-order valence-electron chi connectivity index (χ2n) is 5.56. The van der Waals surface area contributed by atoms with Gasteiger partial charge >= 0.3 is 0 Å². The molecule has 1 aromatic carbocycles. The van der Waals surface area contributed by atoms with Crippen molar-refractivity contribution in [2.24, 2.45) is 11.7 Å². The Balaban J connectivity index is 2.32. The van der Waals surface area contributed by atoms with Crippen molar-refractivity contribution in [1.82, 2.24) is 0 Å². The third-order valence-corrected chi connectivity index (χ3v) is 3.98. The van der Waals surface area contributed by atoms with E-state index in [1.54, 1.807) is 0 Å². The summed E-state index contributed by atoms with van der Waals surface area (Å²) in [6.45, 7) is 10.5. The molecule has 1 nitrogen and oxygen atoms in total. The van der Waals surface area contributed by atoms with Crippen molar-refractivity contribution in [3.05, 3.63) is 58.8 Å². The largest absolute Gasteiger partial charge is 0.402 e. The summed E-state index contributed by atoms with van der Waals surface area (Å²) in [7, 11) is 0. The Morgan fingerprint density at radius 2 is 1.78 bits per heavy atom. The predicted molar refractivity (Wildman–Crippen MR) is 78.3 cm³/mol. The Hall–Kier alpha value is -1.50. The zero-order chi connectivity index (χ0) is 13.3. The minimum absolute atomic E-state index is 0.448. The Morgan fingerprint density at radius 1 is 1.22 bits per heavy atom. The van der Waals surface area contributed by atoms with Crippen LogP contribution in [0.5, 0.6) is 0 Å². The number of rotatable bonds is 4. The van der Waals surface area contributed by atoms with Gasteiger partial charge in [-0.25, -0.2) is 0 Å². The van der Waals surface area contributed by atoms with E-state index in [4.69, 9.17) is 5.73 Å². The number of allylic oxidation sites excluding steroid dienone is 3. The number of hydrogen-bond donors (Lipinski definition) is 1. The molecule has 1 atom stereocenters. The van der Waals surface area contributed by atoms with Crippen LogP contribution in [0.25, 0.3) is 0 Å². The molecule has 0 spiro atoms. The lowest BCUT2D eigenvalue weighted by atomic mass is 9.83. The third kappa shape index (κ3) is 2.66. The van der Waals surface area contributed by atoms with Crippen LogP contribution in [0.2, 0.25) is 0 Å². The second-order valence-corrected chi connectivity index (χ2v) is 5.56. The molecule has 1 fully saturated rings. The molecule has 1 saturated carbocycles. The first-order valence-electron chi connectivity index (χ1n) is 6.69. The smallest absolute Gasteiger partial charge is 0.0115 e. The van der Waals surface area contributed by atoms with Gasteiger partial charge < -0.3 is 5.73 Å². The number of hydrogen-bond acceptors (Lipinski definition) is 1. The van der Waals surface area contributed by atoms with E-state index in [-0.39, 0.29) is 0 Å². The van der Waals surface area contributed by atoms with Gasteiger partial charge in [0.25, 0.3) is 0 Å². The van der Waals surface area contributed by atoms with E-state index in [9.17, 15) is 0 Å². The Kier molecular flexibility index (Phi) is 3.60. The maximum Gasteiger partial charge on any atom is 0.0115 e. The SMILES string of the molecule is C=C(/C(C)=C(\C)N)C(c1ccc(C)cc1)C1CC1. The molecular formula is C17H23N. The average molecular weight is 241 g/mol. The molecule has 1 unspecified atom stereocenters. The molecule has 0 radical (unpaired) electrons. The predicted octanol–water partition coefficient (Wildman–Crippen LogP) is 4.30. The van der Waals surface area contributed by atoms with E-state index in [1.165, 1.54) is 29.5 Å². The van der Waals surface area contributed by atoms with E-state index in [1.807, 2.05) is 6.92 Å². The highest BCUT2D eigenvalue weighted by Gasteiger charge is 2.34. The highest BCUT2D eigenvalue weighted by Crippen LogP contribution is 2.47. The van der Waals surface area contributed by atoms with Gasteiger partial charge in [0.1, 0.15) is 0 Å². The molecule has 0 bridgehead atoms. The molecule has 1 aromatic rings. The molecule has 0 heterocycles. The van der Waals surface area contributed by atoms with Gasteiger partial charge in [0.15, 0.2) is 0 Å². The van der Waals surface area contributed by atoms with Crippen LogP contribution in [0.15, 0.2) is 47.7 Å². The Morgan fingerprint density at radius 3 is 2.22 bits per heavy atom. The van der Waals surface area contributed by atoms with Crippen LogP contribution in [0.3, 0.4) is 0 Å². The van der Waals surface area contributed by atoms with Crippen LogP contribution in [0.1, 0.15) is 43.7 Å². The number of benzene rings is 1.